The van der Waals surface area contributed by atoms with Crippen molar-refractivity contribution < 1.29 is 0 Å². The smallest absolute Gasteiger partial charge is 0.140 e. The van der Waals surface area contributed by atoms with Crippen molar-refractivity contribution in [1.29, 1.82) is 0 Å². The Morgan fingerprint density at radius 2 is 1.35 bits per heavy atom. The highest BCUT2D eigenvalue weighted by molar-refractivity contribution is 7.54. The molecule has 1 rings (SSSR count). The maximum atomic E-state index is 3.24. The van der Waals surface area contributed by atoms with Crippen LogP contribution >= 0.6 is 0 Å². The highest BCUT2D eigenvalue weighted by atomic mass is 14.6. The van der Waals surface area contributed by atoms with E-state index in [-0.39, 0.29) is 0 Å². The molecule has 0 aliphatic carbocycles. The standard InChI is InChI=1S/C15H31B7N/c1-3-5-7-9-11-13-14(12-10-8-6-4-2)15-16-18-19-20-22-23-21-17-15/h14-15,23H,3-13H2,1-2H3. The fourth-order valence-electron chi connectivity index (χ4n) is 3.34. The molecule has 1 N–H and O–H groups in total. The normalized spacial score (nSPS) is 19.0. The highest BCUT2D eigenvalue weighted by Gasteiger charge is 2.22. The number of hydrogen-bond donors (Lipinski definition) is 1. The van der Waals surface area contributed by atoms with Gasteiger partial charge >= 0.3 is 0 Å². The predicted octanol–water partition coefficient (Wildman–Crippen LogP) is 2.62. The Morgan fingerprint density at radius 3 is 2.04 bits per heavy atom. The molecule has 0 aromatic carbocycles. The molecular weight excluding hydrogens is 270 g/mol. The fraction of sp³-hybridized carbons (Fsp3) is 1.00. The molecule has 0 aromatic rings. The Hall–Kier alpha value is 0.415. The molecule has 23 heavy (non-hydrogen) atoms. The lowest BCUT2D eigenvalue weighted by atomic mass is 9.00. The third-order valence-corrected chi connectivity index (χ3v) is 4.81. The highest BCUT2D eigenvalue weighted by Crippen LogP contribution is 2.28. The van der Waals surface area contributed by atoms with Crippen molar-refractivity contribution in [3.05, 3.63) is 0 Å². The molecule has 0 amide bonds. The van der Waals surface area contributed by atoms with E-state index in [9.17, 15) is 0 Å². The van der Waals surface area contributed by atoms with E-state index in [1.165, 1.54) is 70.6 Å². The predicted molar refractivity (Wildman–Crippen MR) is 113 cm³/mol. The van der Waals surface area contributed by atoms with E-state index in [1.807, 2.05) is 7.31 Å². The average molecular weight is 301 g/mol. The van der Waals surface area contributed by atoms with Crippen LogP contribution in [0.4, 0.5) is 0 Å². The van der Waals surface area contributed by atoms with Gasteiger partial charge in [-0.05, 0) is 0 Å². The van der Waals surface area contributed by atoms with Crippen molar-refractivity contribution in [2.75, 3.05) is 0 Å². The van der Waals surface area contributed by atoms with E-state index in [1.54, 1.807) is 0 Å². The van der Waals surface area contributed by atoms with Gasteiger partial charge in [0.15, 0.2) is 0 Å². The molecule has 2 unspecified atom stereocenters. The summed E-state index contributed by atoms with van der Waals surface area (Å²) in [4.78, 5) is 0. The molecule has 1 heterocycles. The molecule has 1 aliphatic heterocycles. The molecule has 1 saturated heterocycles. The quantitative estimate of drug-likeness (QED) is 0.431. The lowest BCUT2D eigenvalue weighted by molar-refractivity contribution is 0.420. The molecule has 117 valence electrons. The first kappa shape index (κ1) is 21.5. The molecule has 0 spiro atoms. The molecule has 8 heteroatoms. The van der Waals surface area contributed by atoms with E-state index in [4.69, 9.17) is 0 Å². The van der Waals surface area contributed by atoms with Crippen LogP contribution in [-0.2, 0) is 0 Å². The van der Waals surface area contributed by atoms with Gasteiger partial charge in [0.05, 0.1) is 7.17 Å². The van der Waals surface area contributed by atoms with Crippen molar-refractivity contribution >= 4 is 50.1 Å². The van der Waals surface area contributed by atoms with Crippen LogP contribution in [0, 0.1) is 5.92 Å². The summed E-state index contributed by atoms with van der Waals surface area (Å²) < 4.78 is 0. The Bertz CT molecular complexity index is 248. The third-order valence-electron chi connectivity index (χ3n) is 4.81. The van der Waals surface area contributed by atoms with Gasteiger partial charge in [0, 0.05) is 28.4 Å². The van der Waals surface area contributed by atoms with Gasteiger partial charge in [0.25, 0.3) is 0 Å². The summed E-state index contributed by atoms with van der Waals surface area (Å²) in [6.45, 7) is 4.59. The lowest BCUT2D eigenvalue weighted by Gasteiger charge is -2.27. The first-order valence-electron chi connectivity index (χ1n) is 9.97. The van der Waals surface area contributed by atoms with Crippen molar-refractivity contribution in [3.63, 3.8) is 0 Å². The van der Waals surface area contributed by atoms with Crippen LogP contribution in [0.15, 0.2) is 0 Å². The van der Waals surface area contributed by atoms with Crippen LogP contribution in [-0.4, -0.2) is 50.1 Å². The SMILES string of the molecule is CCCCCCCC(CCCCCC)C1[B][B][B][B][B]N[B][B]1. The summed E-state index contributed by atoms with van der Waals surface area (Å²) in [6.07, 6.45) is 15.2. The van der Waals surface area contributed by atoms with Crippen LogP contribution < -0.4 is 5.14 Å². The minimum absolute atomic E-state index is 0.575. The first-order chi connectivity index (χ1) is 11.4. The summed E-state index contributed by atoms with van der Waals surface area (Å²) in [5, 5.41) is 3.24. The van der Waals surface area contributed by atoms with Gasteiger partial charge in [0.1, 0.15) is 14.6 Å². The van der Waals surface area contributed by atoms with E-state index < -0.39 is 0 Å². The molecule has 7 radical (unpaired) electrons. The molecule has 0 saturated carbocycles. The Morgan fingerprint density at radius 1 is 0.696 bits per heavy atom. The molecule has 1 aliphatic rings. The van der Waals surface area contributed by atoms with Crippen LogP contribution in [0.2, 0.25) is 5.72 Å². The second kappa shape index (κ2) is 15.9. The van der Waals surface area contributed by atoms with Gasteiger partial charge in [-0.25, -0.2) is 0 Å². The zero-order valence-electron chi connectivity index (χ0n) is 15.5. The largest absolute Gasteiger partial charge is 0.421 e. The second-order valence-corrected chi connectivity index (χ2v) is 6.85. The fourth-order valence-corrected chi connectivity index (χ4v) is 3.34. The summed E-state index contributed by atoms with van der Waals surface area (Å²) >= 11 is 0. The van der Waals surface area contributed by atoms with Gasteiger partial charge in [-0.1, -0.05) is 90.4 Å². The van der Waals surface area contributed by atoms with Crippen LogP contribution in [0.5, 0.6) is 0 Å². The molecule has 0 aromatic heterocycles. The minimum atomic E-state index is 0.575. The Balaban J connectivity index is 2.38. The van der Waals surface area contributed by atoms with Crippen molar-refractivity contribution in [2.45, 2.75) is 90.2 Å². The summed E-state index contributed by atoms with van der Waals surface area (Å²) in [5.74, 6) is 0.800. The van der Waals surface area contributed by atoms with Crippen molar-refractivity contribution in [3.8, 4) is 0 Å². The lowest BCUT2D eigenvalue weighted by Crippen LogP contribution is -2.35. The number of unbranched alkanes of at least 4 members (excludes halogenated alkanes) is 7. The molecule has 2 atom stereocenters. The summed E-state index contributed by atoms with van der Waals surface area (Å²) in [5.41, 5.74) is 0.575. The van der Waals surface area contributed by atoms with E-state index in [0.717, 1.165) is 5.92 Å². The maximum absolute atomic E-state index is 3.24. The number of hydrogen-bond acceptors (Lipinski definition) is 1. The van der Waals surface area contributed by atoms with E-state index >= 15 is 0 Å². The molecule has 0 bridgehead atoms. The van der Waals surface area contributed by atoms with Crippen molar-refractivity contribution in [2.24, 2.45) is 5.92 Å². The third kappa shape index (κ3) is 11.6. The van der Waals surface area contributed by atoms with E-state index in [2.05, 4.69) is 61.8 Å². The Labute approximate surface area is 151 Å². The average Bonchev–Trinajstić information content (AvgIpc) is 2.70. The van der Waals surface area contributed by atoms with Gasteiger partial charge < -0.3 is 5.14 Å². The van der Waals surface area contributed by atoms with Crippen LogP contribution in [0.25, 0.3) is 0 Å². The van der Waals surface area contributed by atoms with Gasteiger partial charge in [0.2, 0.25) is 0 Å². The number of rotatable bonds is 12. The molecule has 1 fully saturated rings. The van der Waals surface area contributed by atoms with E-state index in [0.29, 0.717) is 5.72 Å². The maximum Gasteiger partial charge on any atom is 0.140 e. The van der Waals surface area contributed by atoms with Crippen LogP contribution in [0.1, 0.15) is 84.5 Å². The second-order valence-electron chi connectivity index (χ2n) is 6.85. The number of nitrogens with one attached hydrogen (secondary N) is 1. The minimum Gasteiger partial charge on any atom is -0.421 e. The summed E-state index contributed by atoms with van der Waals surface area (Å²) in [7, 11) is 15.3. The Kier molecular flexibility index (Phi) is 14.8. The van der Waals surface area contributed by atoms with Crippen molar-refractivity contribution in [1.82, 2.24) is 5.14 Å². The molecule has 1 nitrogen and oxygen atoms in total. The zero-order chi connectivity index (χ0) is 16.6. The van der Waals surface area contributed by atoms with Gasteiger partial charge in [-0.3, -0.25) is 0 Å². The topological polar surface area (TPSA) is 12.0 Å². The molecular formula is C15H31B7N. The monoisotopic (exact) mass is 302 g/mol. The van der Waals surface area contributed by atoms with Gasteiger partial charge in [-0.15, -0.1) is 5.72 Å². The summed E-state index contributed by atoms with van der Waals surface area (Å²) in [6, 6.07) is 0. The first-order valence-corrected chi connectivity index (χ1v) is 9.97. The zero-order valence-corrected chi connectivity index (χ0v) is 15.5. The van der Waals surface area contributed by atoms with Gasteiger partial charge in [-0.2, -0.15) is 0 Å². The van der Waals surface area contributed by atoms with Crippen LogP contribution in [0.3, 0.4) is 0 Å².